The zero-order valence-corrected chi connectivity index (χ0v) is 12.4. The van der Waals surface area contributed by atoms with Gasteiger partial charge in [0, 0.05) is 12.4 Å². The van der Waals surface area contributed by atoms with Crippen LogP contribution in [0.2, 0.25) is 5.02 Å². The minimum atomic E-state index is -3.86. The van der Waals surface area contributed by atoms with Crippen LogP contribution in [0.3, 0.4) is 0 Å². The fourth-order valence-corrected chi connectivity index (χ4v) is 2.63. The fourth-order valence-electron chi connectivity index (χ4n) is 1.63. The molecule has 0 atom stereocenters. The molecule has 0 spiro atoms. The SMILES string of the molecule is Cc1cc(S(N)(=O)=O)cc(Cl)c1NC(=O)c1cnccn1. The maximum absolute atomic E-state index is 12.0. The molecule has 0 aliphatic rings. The van der Waals surface area contributed by atoms with E-state index in [1.165, 1.54) is 30.7 Å². The van der Waals surface area contributed by atoms with Gasteiger partial charge in [-0.1, -0.05) is 11.6 Å². The quantitative estimate of drug-likeness (QED) is 0.883. The Morgan fingerprint density at radius 1 is 1.33 bits per heavy atom. The Morgan fingerprint density at radius 3 is 2.57 bits per heavy atom. The lowest BCUT2D eigenvalue weighted by Crippen LogP contribution is -2.16. The van der Waals surface area contributed by atoms with E-state index in [0.717, 1.165) is 0 Å². The summed E-state index contributed by atoms with van der Waals surface area (Å²) in [6.45, 7) is 1.60. The molecule has 1 heterocycles. The second-order valence-corrected chi connectivity index (χ2v) is 6.16. The van der Waals surface area contributed by atoms with Gasteiger partial charge < -0.3 is 5.32 Å². The number of rotatable bonds is 3. The molecule has 2 rings (SSSR count). The third-order valence-corrected chi connectivity index (χ3v) is 3.81. The van der Waals surface area contributed by atoms with Crippen LogP contribution >= 0.6 is 11.6 Å². The first-order valence-corrected chi connectivity index (χ1v) is 7.62. The van der Waals surface area contributed by atoms with Gasteiger partial charge >= 0.3 is 0 Å². The van der Waals surface area contributed by atoms with Gasteiger partial charge in [0.25, 0.3) is 5.91 Å². The maximum atomic E-state index is 12.0. The van der Waals surface area contributed by atoms with Crippen molar-refractivity contribution in [3.63, 3.8) is 0 Å². The highest BCUT2D eigenvalue weighted by atomic mass is 35.5. The summed E-state index contributed by atoms with van der Waals surface area (Å²) in [6.07, 6.45) is 4.13. The molecule has 7 nitrogen and oxygen atoms in total. The van der Waals surface area contributed by atoms with Crippen molar-refractivity contribution in [2.75, 3.05) is 5.32 Å². The lowest BCUT2D eigenvalue weighted by Gasteiger charge is -2.11. The fraction of sp³-hybridized carbons (Fsp3) is 0.0833. The average molecular weight is 327 g/mol. The largest absolute Gasteiger partial charge is 0.319 e. The zero-order chi connectivity index (χ0) is 15.6. The number of sulfonamides is 1. The molecule has 0 aliphatic heterocycles. The summed E-state index contributed by atoms with van der Waals surface area (Å²) in [5, 5.41) is 7.68. The molecule has 21 heavy (non-hydrogen) atoms. The van der Waals surface area contributed by atoms with Gasteiger partial charge in [-0.2, -0.15) is 0 Å². The molecular weight excluding hydrogens is 316 g/mol. The van der Waals surface area contributed by atoms with Crippen LogP contribution in [0.15, 0.2) is 35.6 Å². The first kappa shape index (κ1) is 15.4. The number of aryl methyl sites for hydroxylation is 1. The number of aromatic nitrogens is 2. The van der Waals surface area contributed by atoms with Crippen molar-refractivity contribution in [3.05, 3.63) is 47.0 Å². The molecular formula is C12H11ClN4O3S. The van der Waals surface area contributed by atoms with Crippen LogP contribution < -0.4 is 10.5 Å². The van der Waals surface area contributed by atoms with Gasteiger partial charge in [-0.15, -0.1) is 0 Å². The molecule has 2 aromatic rings. The van der Waals surface area contributed by atoms with Crippen molar-refractivity contribution >= 4 is 33.2 Å². The molecule has 110 valence electrons. The molecule has 0 saturated heterocycles. The number of nitrogens with two attached hydrogens (primary N) is 1. The molecule has 0 unspecified atom stereocenters. The summed E-state index contributed by atoms with van der Waals surface area (Å²) in [7, 11) is -3.86. The summed E-state index contributed by atoms with van der Waals surface area (Å²) in [6, 6.07) is 2.50. The molecule has 1 aromatic carbocycles. The van der Waals surface area contributed by atoms with Crippen molar-refractivity contribution in [2.45, 2.75) is 11.8 Å². The summed E-state index contributed by atoms with van der Waals surface area (Å²) >= 11 is 6.00. The van der Waals surface area contributed by atoms with Gasteiger partial charge in [0.2, 0.25) is 10.0 Å². The Morgan fingerprint density at radius 2 is 2.05 bits per heavy atom. The molecule has 1 aromatic heterocycles. The van der Waals surface area contributed by atoms with Crippen LogP contribution in [0.1, 0.15) is 16.1 Å². The number of carbonyl (C=O) groups excluding carboxylic acids is 1. The van der Waals surface area contributed by atoms with Gasteiger partial charge in [0.15, 0.2) is 0 Å². The number of amides is 1. The highest BCUT2D eigenvalue weighted by Gasteiger charge is 2.16. The van der Waals surface area contributed by atoms with E-state index in [4.69, 9.17) is 16.7 Å². The Hall–Kier alpha value is -2.03. The van der Waals surface area contributed by atoms with Crippen molar-refractivity contribution in [1.82, 2.24) is 9.97 Å². The molecule has 0 fully saturated rings. The van der Waals surface area contributed by atoms with Crippen LogP contribution in [0.5, 0.6) is 0 Å². The number of benzene rings is 1. The third kappa shape index (κ3) is 3.54. The van der Waals surface area contributed by atoms with E-state index in [1.54, 1.807) is 6.92 Å². The van der Waals surface area contributed by atoms with Crippen LogP contribution in [0.4, 0.5) is 5.69 Å². The lowest BCUT2D eigenvalue weighted by atomic mass is 10.2. The molecule has 0 aliphatic carbocycles. The average Bonchev–Trinajstić information content (AvgIpc) is 2.42. The van der Waals surface area contributed by atoms with Gasteiger partial charge in [0.05, 0.1) is 21.8 Å². The van der Waals surface area contributed by atoms with E-state index in [0.29, 0.717) is 11.3 Å². The Balaban J connectivity index is 2.36. The predicted molar refractivity (Wildman–Crippen MR) is 77.5 cm³/mol. The molecule has 0 bridgehead atoms. The Kier molecular flexibility index (Phi) is 4.21. The number of primary sulfonamides is 1. The minimum Gasteiger partial charge on any atom is -0.319 e. The van der Waals surface area contributed by atoms with Crippen molar-refractivity contribution in [2.24, 2.45) is 5.14 Å². The lowest BCUT2D eigenvalue weighted by molar-refractivity contribution is 0.102. The topological polar surface area (TPSA) is 115 Å². The first-order chi connectivity index (χ1) is 9.79. The Bertz CT molecular complexity index is 770. The number of halogens is 1. The predicted octanol–water partition coefficient (Wildman–Crippen LogP) is 1.34. The van der Waals surface area contributed by atoms with Crippen LogP contribution in [-0.2, 0) is 10.0 Å². The molecule has 0 saturated carbocycles. The minimum absolute atomic E-state index is 0.0660. The highest BCUT2D eigenvalue weighted by molar-refractivity contribution is 7.89. The zero-order valence-electron chi connectivity index (χ0n) is 10.9. The number of nitrogens with one attached hydrogen (secondary N) is 1. The van der Waals surface area contributed by atoms with E-state index in [-0.39, 0.29) is 15.6 Å². The van der Waals surface area contributed by atoms with Crippen LogP contribution in [0.25, 0.3) is 0 Å². The van der Waals surface area contributed by atoms with Crippen molar-refractivity contribution in [3.8, 4) is 0 Å². The van der Waals surface area contributed by atoms with E-state index < -0.39 is 15.9 Å². The standard InChI is InChI=1S/C12H11ClN4O3S/c1-7-4-8(21(14,19)20)5-9(13)11(7)17-12(18)10-6-15-2-3-16-10/h2-6H,1H3,(H,17,18)(H2,14,19,20). The van der Waals surface area contributed by atoms with Crippen molar-refractivity contribution in [1.29, 1.82) is 0 Å². The second-order valence-electron chi connectivity index (χ2n) is 4.19. The summed E-state index contributed by atoms with van der Waals surface area (Å²) in [5.74, 6) is -0.503. The number of nitrogens with zero attached hydrogens (tertiary/aromatic N) is 2. The molecule has 0 radical (unpaired) electrons. The van der Waals surface area contributed by atoms with Gasteiger partial charge in [-0.3, -0.25) is 9.78 Å². The van der Waals surface area contributed by atoms with E-state index >= 15 is 0 Å². The van der Waals surface area contributed by atoms with Crippen LogP contribution in [-0.4, -0.2) is 24.3 Å². The second kappa shape index (κ2) is 5.76. The molecule has 3 N–H and O–H groups in total. The number of hydrogen-bond acceptors (Lipinski definition) is 5. The summed E-state index contributed by atoms with van der Waals surface area (Å²) in [5.41, 5.74) is 0.868. The normalized spacial score (nSPS) is 11.2. The number of carbonyl (C=O) groups is 1. The molecule has 9 heteroatoms. The first-order valence-electron chi connectivity index (χ1n) is 5.69. The van der Waals surface area contributed by atoms with Crippen LogP contribution in [0, 0.1) is 6.92 Å². The van der Waals surface area contributed by atoms with Crippen molar-refractivity contribution < 1.29 is 13.2 Å². The summed E-state index contributed by atoms with van der Waals surface area (Å²) in [4.78, 5) is 19.5. The number of anilines is 1. The van der Waals surface area contributed by atoms with Gasteiger partial charge in [0.1, 0.15) is 5.69 Å². The van der Waals surface area contributed by atoms with E-state index in [1.807, 2.05) is 0 Å². The van der Waals surface area contributed by atoms with Gasteiger partial charge in [-0.05, 0) is 24.6 Å². The number of hydrogen-bond donors (Lipinski definition) is 2. The maximum Gasteiger partial charge on any atom is 0.275 e. The third-order valence-electron chi connectivity index (χ3n) is 2.62. The highest BCUT2D eigenvalue weighted by Crippen LogP contribution is 2.29. The smallest absolute Gasteiger partial charge is 0.275 e. The van der Waals surface area contributed by atoms with E-state index in [9.17, 15) is 13.2 Å². The van der Waals surface area contributed by atoms with Gasteiger partial charge in [-0.25, -0.2) is 18.5 Å². The van der Waals surface area contributed by atoms with E-state index in [2.05, 4.69) is 15.3 Å². The summed E-state index contributed by atoms with van der Waals surface area (Å²) < 4.78 is 22.6. The molecule has 1 amide bonds. The Labute approximate surface area is 126 Å². The monoisotopic (exact) mass is 326 g/mol.